The Morgan fingerprint density at radius 1 is 0.560 bits per heavy atom. The first-order valence-electron chi connectivity index (χ1n) is 8.10. The van der Waals surface area contributed by atoms with Crippen molar-refractivity contribution in [3.05, 3.63) is 72.8 Å². The van der Waals surface area contributed by atoms with Crippen LogP contribution in [0.4, 0.5) is 0 Å². The molecule has 0 N–H and O–H groups in total. The summed E-state index contributed by atoms with van der Waals surface area (Å²) in [4.78, 5) is 5.29. The summed E-state index contributed by atoms with van der Waals surface area (Å²) >= 11 is 5.48. The second kappa shape index (κ2) is 7.36. The van der Waals surface area contributed by atoms with Crippen LogP contribution in [0.1, 0.15) is 0 Å². The van der Waals surface area contributed by atoms with Gasteiger partial charge in [-0.1, -0.05) is 60.3 Å². The quantitative estimate of drug-likeness (QED) is 0.336. The van der Waals surface area contributed by atoms with E-state index in [0.29, 0.717) is 0 Å². The smallest absolute Gasteiger partial charge is 0.0201 e. The van der Waals surface area contributed by atoms with Crippen LogP contribution in [0.5, 0.6) is 0 Å². The lowest BCUT2D eigenvalue weighted by atomic mass is 10.1. The van der Waals surface area contributed by atoms with E-state index in [1.54, 1.807) is 0 Å². The highest BCUT2D eigenvalue weighted by Gasteiger charge is 2.09. The molecule has 25 heavy (non-hydrogen) atoms. The maximum absolute atomic E-state index is 2.31. The SMILES string of the molecule is CSc1cc(Sc2ccc(SC)c3ccccc23)cc2ccccc12. The van der Waals surface area contributed by atoms with Gasteiger partial charge in [0, 0.05) is 19.6 Å². The molecule has 0 radical (unpaired) electrons. The molecule has 0 aromatic heterocycles. The Morgan fingerprint density at radius 3 is 1.88 bits per heavy atom. The Balaban J connectivity index is 1.83. The van der Waals surface area contributed by atoms with Crippen molar-refractivity contribution in [2.45, 2.75) is 19.6 Å². The maximum atomic E-state index is 2.31. The van der Waals surface area contributed by atoms with Crippen molar-refractivity contribution in [1.29, 1.82) is 0 Å². The summed E-state index contributed by atoms with van der Waals surface area (Å²) in [7, 11) is 0. The fraction of sp³-hybridized carbons (Fsp3) is 0.0909. The van der Waals surface area contributed by atoms with E-state index >= 15 is 0 Å². The van der Waals surface area contributed by atoms with Gasteiger partial charge in [0.05, 0.1) is 0 Å². The van der Waals surface area contributed by atoms with Crippen LogP contribution in [0, 0.1) is 0 Å². The molecule has 4 aromatic carbocycles. The second-order valence-corrected chi connectivity index (χ2v) is 8.57. The number of hydrogen-bond donors (Lipinski definition) is 0. The topological polar surface area (TPSA) is 0 Å². The third kappa shape index (κ3) is 3.29. The third-order valence-electron chi connectivity index (χ3n) is 4.31. The predicted molar refractivity (Wildman–Crippen MR) is 116 cm³/mol. The van der Waals surface area contributed by atoms with Crippen molar-refractivity contribution in [1.82, 2.24) is 0 Å². The summed E-state index contributed by atoms with van der Waals surface area (Å²) in [5, 5.41) is 5.31. The average Bonchev–Trinajstić information content (AvgIpc) is 2.67. The van der Waals surface area contributed by atoms with Gasteiger partial charge in [0.25, 0.3) is 0 Å². The van der Waals surface area contributed by atoms with Crippen LogP contribution in [0.2, 0.25) is 0 Å². The fourth-order valence-corrected chi connectivity index (χ4v) is 5.48. The minimum Gasteiger partial charge on any atom is -0.129 e. The Morgan fingerprint density at radius 2 is 1.16 bits per heavy atom. The van der Waals surface area contributed by atoms with E-state index in [-0.39, 0.29) is 0 Å². The van der Waals surface area contributed by atoms with Crippen LogP contribution in [-0.4, -0.2) is 12.5 Å². The van der Waals surface area contributed by atoms with Crippen molar-refractivity contribution >= 4 is 56.8 Å². The first kappa shape index (κ1) is 16.9. The van der Waals surface area contributed by atoms with Crippen molar-refractivity contribution in [3.8, 4) is 0 Å². The van der Waals surface area contributed by atoms with Crippen molar-refractivity contribution in [3.63, 3.8) is 0 Å². The lowest BCUT2D eigenvalue weighted by Gasteiger charge is -2.12. The standard InChI is InChI=1S/C22H18S3/c1-23-20-11-12-21(19-10-6-5-9-18(19)20)25-16-13-15-7-3-4-8-17(15)22(14-16)24-2/h3-14H,1-2H3. The Hall–Kier alpha value is -1.55. The molecule has 0 heterocycles. The average molecular weight is 379 g/mol. The van der Waals surface area contributed by atoms with Gasteiger partial charge in [0.1, 0.15) is 0 Å². The third-order valence-corrected chi connectivity index (χ3v) is 6.93. The maximum Gasteiger partial charge on any atom is 0.0201 e. The van der Waals surface area contributed by atoms with E-state index in [1.807, 2.05) is 35.3 Å². The fourth-order valence-electron chi connectivity index (χ4n) is 3.11. The summed E-state index contributed by atoms with van der Waals surface area (Å²) in [5.41, 5.74) is 0. The lowest BCUT2D eigenvalue weighted by Crippen LogP contribution is -1.83. The largest absolute Gasteiger partial charge is 0.129 e. The molecule has 0 fully saturated rings. The monoisotopic (exact) mass is 378 g/mol. The highest BCUT2D eigenvalue weighted by atomic mass is 32.2. The summed E-state index contributed by atoms with van der Waals surface area (Å²) in [5.74, 6) is 0. The van der Waals surface area contributed by atoms with Gasteiger partial charge in [-0.25, -0.2) is 0 Å². The van der Waals surface area contributed by atoms with Crippen LogP contribution in [0.15, 0.2) is 92.4 Å². The van der Waals surface area contributed by atoms with Crippen LogP contribution in [-0.2, 0) is 0 Å². The molecule has 0 aliphatic rings. The van der Waals surface area contributed by atoms with Gasteiger partial charge in [0.15, 0.2) is 0 Å². The van der Waals surface area contributed by atoms with Crippen molar-refractivity contribution in [2.75, 3.05) is 12.5 Å². The summed E-state index contributed by atoms with van der Waals surface area (Å²) in [6.07, 6.45) is 4.29. The molecule has 0 unspecified atom stereocenters. The number of fused-ring (bicyclic) bond motifs is 2. The zero-order chi connectivity index (χ0) is 17.2. The van der Waals surface area contributed by atoms with E-state index < -0.39 is 0 Å². The van der Waals surface area contributed by atoms with E-state index in [1.165, 1.54) is 41.1 Å². The van der Waals surface area contributed by atoms with Crippen LogP contribution in [0.3, 0.4) is 0 Å². The number of thioether (sulfide) groups is 2. The van der Waals surface area contributed by atoms with E-state index in [9.17, 15) is 0 Å². The normalized spacial score (nSPS) is 11.3. The molecule has 124 valence electrons. The molecular weight excluding hydrogens is 360 g/mol. The van der Waals surface area contributed by atoms with E-state index in [4.69, 9.17) is 0 Å². The number of hydrogen-bond acceptors (Lipinski definition) is 3. The minimum absolute atomic E-state index is 1.30. The van der Waals surface area contributed by atoms with Gasteiger partial charge in [-0.2, -0.15) is 0 Å². The number of rotatable bonds is 4. The Kier molecular flexibility index (Phi) is 4.98. The molecule has 0 saturated heterocycles. The first-order valence-corrected chi connectivity index (χ1v) is 11.4. The molecule has 0 bridgehead atoms. The summed E-state index contributed by atoms with van der Waals surface area (Å²) in [6, 6.07) is 26.5. The molecule has 0 aliphatic carbocycles. The molecule has 4 aromatic rings. The second-order valence-electron chi connectivity index (χ2n) is 5.76. The molecule has 4 rings (SSSR count). The molecule has 0 nitrogen and oxygen atoms in total. The van der Waals surface area contributed by atoms with Crippen LogP contribution < -0.4 is 0 Å². The molecule has 0 atom stereocenters. The highest BCUT2D eigenvalue weighted by molar-refractivity contribution is 8.00. The highest BCUT2D eigenvalue weighted by Crippen LogP contribution is 2.40. The molecule has 0 saturated carbocycles. The van der Waals surface area contributed by atoms with Gasteiger partial charge in [-0.05, 0) is 58.3 Å². The van der Waals surface area contributed by atoms with Crippen LogP contribution in [0.25, 0.3) is 21.5 Å². The van der Waals surface area contributed by atoms with Gasteiger partial charge >= 0.3 is 0 Å². The predicted octanol–water partition coefficient (Wildman–Crippen LogP) is 7.59. The minimum atomic E-state index is 1.30. The molecule has 0 spiro atoms. The van der Waals surface area contributed by atoms with Crippen molar-refractivity contribution < 1.29 is 0 Å². The molecule has 0 aliphatic heterocycles. The summed E-state index contributed by atoms with van der Waals surface area (Å²) in [6.45, 7) is 0. The molecular formula is C22H18S3. The van der Waals surface area contributed by atoms with Gasteiger partial charge < -0.3 is 0 Å². The first-order chi connectivity index (χ1) is 12.3. The van der Waals surface area contributed by atoms with Gasteiger partial charge in [-0.15, -0.1) is 23.5 Å². The van der Waals surface area contributed by atoms with Crippen molar-refractivity contribution in [2.24, 2.45) is 0 Å². The number of benzene rings is 4. The van der Waals surface area contributed by atoms with E-state index in [0.717, 1.165) is 0 Å². The lowest BCUT2D eigenvalue weighted by molar-refractivity contribution is 1.37. The van der Waals surface area contributed by atoms with Gasteiger partial charge in [0.2, 0.25) is 0 Å². The Bertz CT molecular complexity index is 1050. The Labute approximate surface area is 161 Å². The zero-order valence-corrected chi connectivity index (χ0v) is 16.6. The summed E-state index contributed by atoms with van der Waals surface area (Å²) < 4.78 is 0. The molecule has 3 heteroatoms. The van der Waals surface area contributed by atoms with Crippen LogP contribution >= 0.6 is 35.3 Å². The van der Waals surface area contributed by atoms with E-state index in [2.05, 4.69) is 85.3 Å². The molecule has 0 amide bonds. The zero-order valence-electron chi connectivity index (χ0n) is 14.2. The van der Waals surface area contributed by atoms with Gasteiger partial charge in [-0.3, -0.25) is 0 Å².